The Kier molecular flexibility index (Phi) is 6.42. The Balaban J connectivity index is 1.40. The largest absolute Gasteiger partial charge is 0.478 e. The van der Waals surface area contributed by atoms with E-state index < -0.39 is 5.97 Å². The molecule has 0 saturated carbocycles. The van der Waals surface area contributed by atoms with Crippen LogP contribution in [0.3, 0.4) is 0 Å². The number of nitrogens with one attached hydrogen (secondary N) is 1. The van der Waals surface area contributed by atoms with Gasteiger partial charge in [-0.1, -0.05) is 78.9 Å². The SMILES string of the molecule is O=C(O)c1ccc(CNC(=O)c2cc(-c3ccccc3)cc3ccc(C(=O)c4ccc5ccccc5c4)n23)cc1. The molecular formula is C34H24N2O4. The molecule has 6 nitrogen and oxygen atoms in total. The van der Waals surface area contributed by atoms with Crippen molar-refractivity contribution in [1.29, 1.82) is 0 Å². The van der Waals surface area contributed by atoms with Crippen molar-refractivity contribution in [3.63, 3.8) is 0 Å². The standard InChI is InChI=1S/C34H24N2O4/c37-32(27-15-14-24-8-4-5-9-26(24)18-27)30-17-16-29-19-28(23-6-2-1-3-7-23)20-31(36(29)30)33(38)35-21-22-10-12-25(13-11-22)34(39)40/h1-20H,21H2,(H,35,38)(H,39,40). The Labute approximate surface area is 230 Å². The number of carbonyl (C=O) groups excluding carboxylic acids is 2. The number of carboxylic acids is 1. The fourth-order valence-electron chi connectivity index (χ4n) is 4.90. The van der Waals surface area contributed by atoms with Crippen molar-refractivity contribution in [3.05, 3.63) is 149 Å². The molecular weight excluding hydrogens is 500 g/mol. The number of hydrogen-bond donors (Lipinski definition) is 2. The Hall–Kier alpha value is -5.49. The summed E-state index contributed by atoms with van der Waals surface area (Å²) in [4.78, 5) is 38.6. The summed E-state index contributed by atoms with van der Waals surface area (Å²) in [5, 5.41) is 14.1. The van der Waals surface area contributed by atoms with Crippen LogP contribution in [0.5, 0.6) is 0 Å². The maximum atomic E-state index is 13.8. The molecule has 40 heavy (non-hydrogen) atoms. The first-order valence-corrected chi connectivity index (χ1v) is 12.8. The molecule has 0 radical (unpaired) electrons. The van der Waals surface area contributed by atoms with E-state index in [4.69, 9.17) is 5.11 Å². The van der Waals surface area contributed by atoms with Crippen LogP contribution in [0.1, 0.15) is 42.5 Å². The highest BCUT2D eigenvalue weighted by molar-refractivity contribution is 6.11. The minimum atomic E-state index is -1.01. The first-order valence-electron chi connectivity index (χ1n) is 12.8. The van der Waals surface area contributed by atoms with E-state index >= 15 is 0 Å². The zero-order chi connectivity index (χ0) is 27.6. The number of aromatic carboxylic acids is 1. The van der Waals surface area contributed by atoms with Gasteiger partial charge in [0.05, 0.1) is 11.3 Å². The second kappa shape index (κ2) is 10.3. The summed E-state index contributed by atoms with van der Waals surface area (Å²) >= 11 is 0. The highest BCUT2D eigenvalue weighted by atomic mass is 16.4. The van der Waals surface area contributed by atoms with Gasteiger partial charge in [-0.3, -0.25) is 9.59 Å². The second-order valence-electron chi connectivity index (χ2n) is 9.55. The third-order valence-electron chi connectivity index (χ3n) is 6.99. The lowest BCUT2D eigenvalue weighted by atomic mass is 10.0. The molecule has 0 saturated heterocycles. The second-order valence-corrected chi connectivity index (χ2v) is 9.55. The number of amides is 1. The van der Waals surface area contributed by atoms with E-state index in [2.05, 4.69) is 5.32 Å². The number of fused-ring (bicyclic) bond motifs is 2. The number of rotatable bonds is 7. The summed E-state index contributed by atoms with van der Waals surface area (Å²) < 4.78 is 1.70. The molecule has 2 heterocycles. The number of benzene rings is 4. The molecule has 0 fully saturated rings. The molecule has 0 aliphatic rings. The molecule has 6 heteroatoms. The number of hydrogen-bond acceptors (Lipinski definition) is 3. The molecule has 0 unspecified atom stereocenters. The maximum Gasteiger partial charge on any atom is 0.335 e. The monoisotopic (exact) mass is 524 g/mol. The normalized spacial score (nSPS) is 11.0. The van der Waals surface area contributed by atoms with Gasteiger partial charge >= 0.3 is 5.97 Å². The predicted octanol–water partition coefficient (Wildman–Crippen LogP) is 6.62. The summed E-state index contributed by atoms with van der Waals surface area (Å²) in [6.07, 6.45) is 0. The summed E-state index contributed by atoms with van der Waals surface area (Å²) in [6, 6.07) is 36.9. The molecule has 6 rings (SSSR count). The molecule has 0 spiro atoms. The highest BCUT2D eigenvalue weighted by Crippen LogP contribution is 2.27. The average Bonchev–Trinajstić information content (AvgIpc) is 3.43. The zero-order valence-corrected chi connectivity index (χ0v) is 21.4. The molecule has 0 bridgehead atoms. The first-order chi connectivity index (χ1) is 19.5. The molecule has 1 amide bonds. The number of ketones is 1. The van der Waals surface area contributed by atoms with Crippen LogP contribution in [0.4, 0.5) is 0 Å². The lowest BCUT2D eigenvalue weighted by Gasteiger charge is -2.13. The van der Waals surface area contributed by atoms with Gasteiger partial charge < -0.3 is 14.8 Å². The van der Waals surface area contributed by atoms with E-state index in [0.717, 1.165) is 33.0 Å². The van der Waals surface area contributed by atoms with E-state index in [1.54, 1.807) is 28.7 Å². The number of aromatic nitrogens is 1. The number of carbonyl (C=O) groups is 3. The van der Waals surface area contributed by atoms with Crippen molar-refractivity contribution in [3.8, 4) is 11.1 Å². The number of nitrogens with zero attached hydrogens (tertiary/aromatic N) is 1. The van der Waals surface area contributed by atoms with Gasteiger partial charge in [-0.05, 0) is 69.9 Å². The van der Waals surface area contributed by atoms with Crippen LogP contribution in [0.15, 0.2) is 121 Å². The molecule has 2 aromatic heterocycles. The van der Waals surface area contributed by atoms with E-state index in [-0.39, 0.29) is 23.8 Å². The van der Waals surface area contributed by atoms with Crippen molar-refractivity contribution in [1.82, 2.24) is 9.72 Å². The molecule has 4 aromatic carbocycles. The Morgan fingerprint density at radius 2 is 1.32 bits per heavy atom. The quantitative estimate of drug-likeness (QED) is 0.230. The first kappa shape index (κ1) is 24.8. The lowest BCUT2D eigenvalue weighted by Crippen LogP contribution is -2.26. The third-order valence-corrected chi connectivity index (χ3v) is 6.99. The number of carboxylic acid groups (broad SMARTS) is 1. The minimum absolute atomic E-state index is 0.177. The van der Waals surface area contributed by atoms with E-state index in [9.17, 15) is 14.4 Å². The van der Waals surface area contributed by atoms with Crippen molar-refractivity contribution in [2.24, 2.45) is 0 Å². The van der Waals surface area contributed by atoms with Gasteiger partial charge in [-0.15, -0.1) is 0 Å². The maximum absolute atomic E-state index is 13.8. The van der Waals surface area contributed by atoms with Crippen molar-refractivity contribution >= 4 is 33.9 Å². The summed E-state index contributed by atoms with van der Waals surface area (Å²) in [5.41, 5.74) is 4.72. The van der Waals surface area contributed by atoms with Crippen LogP contribution in [-0.4, -0.2) is 27.2 Å². The van der Waals surface area contributed by atoms with Gasteiger partial charge in [-0.25, -0.2) is 4.79 Å². The van der Waals surface area contributed by atoms with Crippen LogP contribution >= 0.6 is 0 Å². The Morgan fingerprint density at radius 3 is 2.08 bits per heavy atom. The van der Waals surface area contributed by atoms with Gasteiger partial charge in [0.15, 0.2) is 0 Å². The van der Waals surface area contributed by atoms with E-state index in [0.29, 0.717) is 17.0 Å². The van der Waals surface area contributed by atoms with Crippen LogP contribution in [-0.2, 0) is 6.54 Å². The van der Waals surface area contributed by atoms with E-state index in [1.165, 1.54) is 12.1 Å². The summed E-state index contributed by atoms with van der Waals surface area (Å²) in [5.74, 6) is -1.54. The van der Waals surface area contributed by atoms with Crippen LogP contribution < -0.4 is 5.32 Å². The van der Waals surface area contributed by atoms with Gasteiger partial charge in [0.2, 0.25) is 5.78 Å². The molecule has 194 valence electrons. The Morgan fingerprint density at radius 1 is 0.625 bits per heavy atom. The molecule has 0 atom stereocenters. The third kappa shape index (κ3) is 4.74. The fourth-order valence-corrected chi connectivity index (χ4v) is 4.90. The van der Waals surface area contributed by atoms with Crippen LogP contribution in [0.2, 0.25) is 0 Å². The van der Waals surface area contributed by atoms with Crippen molar-refractivity contribution < 1.29 is 19.5 Å². The zero-order valence-electron chi connectivity index (χ0n) is 21.4. The predicted molar refractivity (Wildman–Crippen MR) is 155 cm³/mol. The fraction of sp³-hybridized carbons (Fsp3) is 0.0294. The van der Waals surface area contributed by atoms with Gasteiger partial charge in [-0.2, -0.15) is 0 Å². The summed E-state index contributed by atoms with van der Waals surface area (Å²) in [7, 11) is 0. The smallest absolute Gasteiger partial charge is 0.335 e. The lowest BCUT2D eigenvalue weighted by molar-refractivity contribution is 0.0696. The van der Waals surface area contributed by atoms with Crippen molar-refractivity contribution in [2.45, 2.75) is 6.54 Å². The molecule has 6 aromatic rings. The highest BCUT2D eigenvalue weighted by Gasteiger charge is 2.20. The minimum Gasteiger partial charge on any atom is -0.478 e. The van der Waals surface area contributed by atoms with Crippen LogP contribution in [0.25, 0.3) is 27.4 Å². The van der Waals surface area contributed by atoms with Crippen molar-refractivity contribution in [2.75, 3.05) is 0 Å². The topological polar surface area (TPSA) is 87.9 Å². The van der Waals surface area contributed by atoms with Gasteiger partial charge in [0, 0.05) is 17.6 Å². The number of pyridine rings is 1. The van der Waals surface area contributed by atoms with Gasteiger partial charge in [0.25, 0.3) is 5.91 Å². The average molecular weight is 525 g/mol. The Bertz CT molecular complexity index is 1900. The molecule has 0 aliphatic carbocycles. The van der Waals surface area contributed by atoms with Gasteiger partial charge in [0.1, 0.15) is 5.69 Å². The molecule has 2 N–H and O–H groups in total. The summed E-state index contributed by atoms with van der Waals surface area (Å²) in [6.45, 7) is 0.199. The van der Waals surface area contributed by atoms with E-state index in [1.807, 2.05) is 84.9 Å². The van der Waals surface area contributed by atoms with Crippen LogP contribution in [0, 0.1) is 0 Å². The molecule has 0 aliphatic heterocycles.